The Labute approximate surface area is 183 Å². The van der Waals surface area contributed by atoms with E-state index >= 15 is 0 Å². The van der Waals surface area contributed by atoms with Gasteiger partial charge in [0, 0.05) is 26.7 Å². The molecular weight excluding hydrogens is 421 g/mol. The second-order valence-corrected chi connectivity index (χ2v) is 8.25. The summed E-state index contributed by atoms with van der Waals surface area (Å²) in [6.45, 7) is 2.17. The maximum absolute atomic E-state index is 12.9. The number of hydrogen-bond donors (Lipinski definition) is 2. The van der Waals surface area contributed by atoms with E-state index in [1.54, 1.807) is 18.2 Å². The van der Waals surface area contributed by atoms with Crippen molar-refractivity contribution >= 4 is 29.0 Å². The highest BCUT2D eigenvalue weighted by molar-refractivity contribution is 7.99. The number of anilines is 2. The fourth-order valence-electron chi connectivity index (χ4n) is 2.99. The van der Waals surface area contributed by atoms with Crippen molar-refractivity contribution in [2.75, 3.05) is 11.1 Å². The maximum Gasteiger partial charge on any atom is 0.416 e. The van der Waals surface area contributed by atoms with Crippen LogP contribution in [0.1, 0.15) is 41.3 Å². The number of nitrogens with two attached hydrogens (primary N) is 1. The third-order valence-corrected chi connectivity index (χ3v) is 5.79. The van der Waals surface area contributed by atoms with Gasteiger partial charge in [0.15, 0.2) is 0 Å². The molecule has 0 bridgehead atoms. The van der Waals surface area contributed by atoms with Crippen LogP contribution in [-0.4, -0.2) is 5.91 Å². The summed E-state index contributed by atoms with van der Waals surface area (Å²) < 4.78 is 38.6. The number of benzene rings is 3. The number of nitrogen functional groups attached to an aromatic ring is 1. The molecule has 0 unspecified atom stereocenters. The zero-order valence-electron chi connectivity index (χ0n) is 17.0. The number of halogens is 3. The van der Waals surface area contributed by atoms with E-state index in [1.165, 1.54) is 29.5 Å². The van der Waals surface area contributed by atoms with E-state index in [0.717, 1.165) is 41.2 Å². The number of nitrogens with one attached hydrogen (secondary N) is 1. The molecular formula is C24H23F3N2OS. The molecule has 3 aromatic carbocycles. The quantitative estimate of drug-likeness (QED) is 0.385. The smallest absolute Gasteiger partial charge is 0.398 e. The Morgan fingerprint density at radius 3 is 2.42 bits per heavy atom. The first kappa shape index (κ1) is 22.7. The Kier molecular flexibility index (Phi) is 7.28. The van der Waals surface area contributed by atoms with Gasteiger partial charge in [0.05, 0.1) is 5.56 Å². The number of carbonyl (C=O) groups excluding carboxylic acids is 1. The topological polar surface area (TPSA) is 55.1 Å². The first-order valence-corrected chi connectivity index (χ1v) is 10.7. The van der Waals surface area contributed by atoms with E-state index in [0.29, 0.717) is 11.4 Å². The lowest BCUT2D eigenvalue weighted by atomic mass is 10.1. The van der Waals surface area contributed by atoms with E-state index in [-0.39, 0.29) is 5.56 Å². The number of alkyl halides is 3. The summed E-state index contributed by atoms with van der Waals surface area (Å²) >= 11 is 1.51. The molecule has 0 aliphatic carbocycles. The Hall–Kier alpha value is -2.93. The zero-order valence-corrected chi connectivity index (χ0v) is 17.8. The molecule has 0 heterocycles. The zero-order chi connectivity index (χ0) is 22.4. The molecule has 3 rings (SSSR count). The lowest BCUT2D eigenvalue weighted by Crippen LogP contribution is -2.14. The van der Waals surface area contributed by atoms with Crippen LogP contribution in [0.25, 0.3) is 0 Å². The van der Waals surface area contributed by atoms with E-state index in [1.807, 2.05) is 0 Å². The van der Waals surface area contributed by atoms with E-state index in [2.05, 4.69) is 36.5 Å². The number of rotatable bonds is 7. The van der Waals surface area contributed by atoms with Gasteiger partial charge in [-0.1, -0.05) is 43.3 Å². The number of aryl methyl sites for hydroxylation is 1. The molecule has 0 saturated heterocycles. The van der Waals surface area contributed by atoms with Gasteiger partial charge in [-0.25, -0.2) is 0 Å². The number of unbranched alkanes of at least 4 members (excludes halogenated alkanes) is 1. The summed E-state index contributed by atoms with van der Waals surface area (Å²) in [5, 5.41) is 2.60. The number of carbonyl (C=O) groups is 1. The molecule has 0 radical (unpaired) electrons. The minimum absolute atomic E-state index is 0.0741. The van der Waals surface area contributed by atoms with Crippen molar-refractivity contribution in [3.63, 3.8) is 0 Å². The largest absolute Gasteiger partial charge is 0.416 e. The van der Waals surface area contributed by atoms with E-state index < -0.39 is 17.6 Å². The van der Waals surface area contributed by atoms with E-state index in [4.69, 9.17) is 5.73 Å². The van der Waals surface area contributed by atoms with Crippen LogP contribution in [0.5, 0.6) is 0 Å². The van der Waals surface area contributed by atoms with Crippen molar-refractivity contribution in [2.45, 2.75) is 42.2 Å². The first-order valence-electron chi connectivity index (χ1n) is 9.91. The summed E-state index contributed by atoms with van der Waals surface area (Å²) in [6, 6.07) is 17.7. The summed E-state index contributed by atoms with van der Waals surface area (Å²) in [7, 11) is 0. The second kappa shape index (κ2) is 9.92. The standard InChI is InChI=1S/C24H23F3N2OS/c1-2-3-5-16-8-11-20(12-9-16)31-22-13-10-19(15-21(22)28)29-23(30)17-6-4-7-18(14-17)24(25,26)27/h4,6-15H,2-3,5,28H2,1H3,(H,29,30). The monoisotopic (exact) mass is 444 g/mol. The minimum atomic E-state index is -4.51. The first-order chi connectivity index (χ1) is 14.8. The summed E-state index contributed by atoms with van der Waals surface area (Å²) in [4.78, 5) is 14.2. The van der Waals surface area contributed by atoms with Crippen LogP contribution >= 0.6 is 11.8 Å². The maximum atomic E-state index is 12.9. The van der Waals surface area contributed by atoms with Crippen LogP contribution in [0, 0.1) is 0 Å². The van der Waals surface area contributed by atoms with E-state index in [9.17, 15) is 18.0 Å². The van der Waals surface area contributed by atoms with Gasteiger partial charge < -0.3 is 11.1 Å². The van der Waals surface area contributed by atoms with Crippen LogP contribution in [0.15, 0.2) is 76.5 Å². The van der Waals surface area contributed by atoms with Crippen LogP contribution in [0.3, 0.4) is 0 Å². The third kappa shape index (κ3) is 6.28. The fraction of sp³-hybridized carbons (Fsp3) is 0.208. The van der Waals surface area contributed by atoms with Gasteiger partial charge in [-0.3, -0.25) is 4.79 Å². The van der Waals surface area contributed by atoms with Crippen LogP contribution in [-0.2, 0) is 12.6 Å². The Bertz CT molecular complexity index is 1050. The van der Waals surface area contributed by atoms with Crippen molar-refractivity contribution in [2.24, 2.45) is 0 Å². The van der Waals surface area contributed by atoms with Gasteiger partial charge in [0.1, 0.15) is 0 Å². The van der Waals surface area contributed by atoms with Gasteiger partial charge in [0.2, 0.25) is 0 Å². The van der Waals surface area contributed by atoms with Gasteiger partial charge in [-0.05, 0) is 66.9 Å². The Morgan fingerprint density at radius 1 is 1.03 bits per heavy atom. The summed E-state index contributed by atoms with van der Waals surface area (Å²) in [6.07, 6.45) is -1.13. The highest BCUT2D eigenvalue weighted by atomic mass is 32.2. The molecule has 3 aromatic rings. The second-order valence-electron chi connectivity index (χ2n) is 7.13. The van der Waals surface area contributed by atoms with Crippen molar-refractivity contribution < 1.29 is 18.0 Å². The molecule has 0 spiro atoms. The molecule has 0 fully saturated rings. The lowest BCUT2D eigenvalue weighted by Gasteiger charge is -2.11. The van der Waals surface area contributed by atoms with Crippen molar-refractivity contribution in [1.82, 2.24) is 0 Å². The predicted octanol–water partition coefficient (Wildman–Crippen LogP) is 7.03. The van der Waals surface area contributed by atoms with Gasteiger partial charge in [-0.2, -0.15) is 13.2 Å². The summed E-state index contributed by atoms with van der Waals surface area (Å²) in [5.74, 6) is -0.631. The molecule has 0 atom stereocenters. The molecule has 0 aliphatic rings. The molecule has 162 valence electrons. The lowest BCUT2D eigenvalue weighted by molar-refractivity contribution is -0.137. The highest BCUT2D eigenvalue weighted by Crippen LogP contribution is 2.34. The van der Waals surface area contributed by atoms with Gasteiger partial charge in [0.25, 0.3) is 5.91 Å². The minimum Gasteiger partial charge on any atom is -0.398 e. The third-order valence-electron chi connectivity index (χ3n) is 4.69. The average Bonchev–Trinajstić information content (AvgIpc) is 2.74. The van der Waals surface area contributed by atoms with Crippen LogP contribution in [0.2, 0.25) is 0 Å². The van der Waals surface area contributed by atoms with Gasteiger partial charge in [-0.15, -0.1) is 0 Å². The average molecular weight is 445 g/mol. The van der Waals surface area contributed by atoms with Crippen molar-refractivity contribution in [3.05, 3.63) is 83.4 Å². The van der Waals surface area contributed by atoms with Crippen LogP contribution < -0.4 is 11.1 Å². The molecule has 7 heteroatoms. The molecule has 0 saturated carbocycles. The molecule has 3 nitrogen and oxygen atoms in total. The molecule has 3 N–H and O–H groups in total. The van der Waals surface area contributed by atoms with Crippen LogP contribution in [0.4, 0.5) is 24.5 Å². The Balaban J connectivity index is 1.67. The van der Waals surface area contributed by atoms with Crippen molar-refractivity contribution in [1.29, 1.82) is 0 Å². The number of hydrogen-bond acceptors (Lipinski definition) is 3. The highest BCUT2D eigenvalue weighted by Gasteiger charge is 2.30. The molecule has 0 aliphatic heterocycles. The molecule has 31 heavy (non-hydrogen) atoms. The molecule has 0 aromatic heterocycles. The fourth-order valence-corrected chi connectivity index (χ4v) is 3.83. The number of amides is 1. The normalized spacial score (nSPS) is 11.4. The SMILES string of the molecule is CCCCc1ccc(Sc2ccc(NC(=O)c3cccc(C(F)(F)F)c3)cc2N)cc1. The summed E-state index contributed by atoms with van der Waals surface area (Å²) in [5.41, 5.74) is 7.38. The molecule has 1 amide bonds. The van der Waals surface area contributed by atoms with Gasteiger partial charge >= 0.3 is 6.18 Å². The Morgan fingerprint density at radius 2 is 1.77 bits per heavy atom. The predicted molar refractivity (Wildman–Crippen MR) is 119 cm³/mol. The van der Waals surface area contributed by atoms with Crippen molar-refractivity contribution in [3.8, 4) is 0 Å².